The second kappa shape index (κ2) is 6.33. The van der Waals surface area contributed by atoms with Gasteiger partial charge in [-0.25, -0.2) is 0 Å². The molecule has 3 unspecified atom stereocenters. The van der Waals surface area contributed by atoms with Crippen molar-refractivity contribution in [1.29, 1.82) is 5.26 Å². The molecule has 1 saturated carbocycles. The summed E-state index contributed by atoms with van der Waals surface area (Å²) in [6.07, 6.45) is 6.26. The Kier molecular flexibility index (Phi) is 4.28. The Hall–Kier alpha value is -1.77. The van der Waals surface area contributed by atoms with E-state index in [-0.39, 0.29) is 6.04 Å². The minimum atomic E-state index is -0.0367. The van der Waals surface area contributed by atoms with Crippen molar-refractivity contribution in [2.75, 3.05) is 0 Å². The van der Waals surface area contributed by atoms with E-state index in [9.17, 15) is 0 Å². The average Bonchev–Trinajstić information content (AvgIpc) is 3.00. The first-order chi connectivity index (χ1) is 10.3. The van der Waals surface area contributed by atoms with Gasteiger partial charge in [-0.05, 0) is 37.0 Å². The maximum absolute atomic E-state index is 9.16. The predicted octanol–water partition coefficient (Wildman–Crippen LogP) is 3.59. The molecule has 1 heterocycles. The molecule has 3 rings (SSSR count). The highest BCUT2D eigenvalue weighted by molar-refractivity contribution is 5.40. The van der Waals surface area contributed by atoms with Gasteiger partial charge in [0.25, 0.3) is 0 Å². The fourth-order valence-corrected chi connectivity index (χ4v) is 3.51. The second-order valence-corrected chi connectivity index (χ2v) is 6.19. The van der Waals surface area contributed by atoms with Crippen LogP contribution in [0.3, 0.4) is 0 Å². The van der Waals surface area contributed by atoms with E-state index in [4.69, 9.17) is 5.26 Å². The summed E-state index contributed by atoms with van der Waals surface area (Å²) in [4.78, 5) is 0. The van der Waals surface area contributed by atoms with Crippen LogP contribution in [0.4, 0.5) is 0 Å². The lowest BCUT2D eigenvalue weighted by atomic mass is 9.77. The number of nitriles is 1. The summed E-state index contributed by atoms with van der Waals surface area (Å²) >= 11 is 0. The second-order valence-electron chi connectivity index (χ2n) is 6.19. The van der Waals surface area contributed by atoms with E-state index in [1.165, 1.54) is 31.2 Å². The zero-order valence-electron chi connectivity index (χ0n) is 12.6. The first kappa shape index (κ1) is 14.2. The summed E-state index contributed by atoms with van der Waals surface area (Å²) in [5.41, 5.74) is 2.36. The standard InChI is InChI=1S/C19H22N2/c1-2-17-19(18(13-20)21-17)16-11-9-15(10-12-16)8-7-14-5-3-4-6-14/h9-12,14,17-19,21H,2-6H2,1H3. The van der Waals surface area contributed by atoms with Gasteiger partial charge in [-0.2, -0.15) is 5.26 Å². The molecule has 1 saturated heterocycles. The molecule has 2 aliphatic rings. The number of nitrogens with zero attached hydrogens (tertiary/aromatic N) is 1. The van der Waals surface area contributed by atoms with Crippen LogP contribution in [-0.2, 0) is 0 Å². The van der Waals surface area contributed by atoms with Crippen molar-refractivity contribution in [3.8, 4) is 17.9 Å². The van der Waals surface area contributed by atoms with Gasteiger partial charge in [0.1, 0.15) is 6.04 Å². The van der Waals surface area contributed by atoms with Crippen molar-refractivity contribution in [2.24, 2.45) is 5.92 Å². The van der Waals surface area contributed by atoms with E-state index in [0.29, 0.717) is 17.9 Å². The summed E-state index contributed by atoms with van der Waals surface area (Å²) in [7, 11) is 0. The van der Waals surface area contributed by atoms with Gasteiger partial charge < -0.3 is 0 Å². The van der Waals surface area contributed by atoms with Crippen molar-refractivity contribution in [2.45, 2.75) is 57.0 Å². The molecule has 1 aromatic carbocycles. The monoisotopic (exact) mass is 278 g/mol. The Bertz CT molecular complexity index is 579. The maximum Gasteiger partial charge on any atom is 0.104 e. The topological polar surface area (TPSA) is 35.8 Å². The Labute approximate surface area is 127 Å². The van der Waals surface area contributed by atoms with Gasteiger partial charge in [0.2, 0.25) is 0 Å². The third kappa shape index (κ3) is 2.97. The quantitative estimate of drug-likeness (QED) is 0.839. The fourth-order valence-electron chi connectivity index (χ4n) is 3.51. The molecule has 3 atom stereocenters. The van der Waals surface area contributed by atoms with Crippen molar-refractivity contribution >= 4 is 0 Å². The van der Waals surface area contributed by atoms with Crippen LogP contribution in [0.2, 0.25) is 0 Å². The molecular weight excluding hydrogens is 256 g/mol. The molecule has 0 bridgehead atoms. The average molecular weight is 278 g/mol. The summed E-state index contributed by atoms with van der Waals surface area (Å²) in [5.74, 6) is 7.64. The number of hydrogen-bond acceptors (Lipinski definition) is 2. The molecule has 0 spiro atoms. The number of benzene rings is 1. The molecule has 1 N–H and O–H groups in total. The highest BCUT2D eigenvalue weighted by Gasteiger charge is 2.40. The SMILES string of the molecule is CCC1NC(C#N)C1c1ccc(C#CC2CCCC2)cc1. The van der Waals surface area contributed by atoms with Crippen LogP contribution in [0.25, 0.3) is 0 Å². The summed E-state index contributed by atoms with van der Waals surface area (Å²) in [5, 5.41) is 12.5. The van der Waals surface area contributed by atoms with Crippen LogP contribution in [0.1, 0.15) is 56.1 Å². The number of hydrogen-bond donors (Lipinski definition) is 1. The van der Waals surface area contributed by atoms with Crippen LogP contribution in [0.5, 0.6) is 0 Å². The summed E-state index contributed by atoms with van der Waals surface area (Å²) in [6.45, 7) is 2.17. The number of nitrogens with one attached hydrogen (secondary N) is 1. The Morgan fingerprint density at radius 1 is 1.19 bits per heavy atom. The van der Waals surface area contributed by atoms with E-state index in [0.717, 1.165) is 12.0 Å². The van der Waals surface area contributed by atoms with E-state index in [1.54, 1.807) is 0 Å². The van der Waals surface area contributed by atoms with E-state index in [2.05, 4.69) is 54.4 Å². The zero-order chi connectivity index (χ0) is 14.7. The Morgan fingerprint density at radius 2 is 1.90 bits per heavy atom. The lowest BCUT2D eigenvalue weighted by Gasteiger charge is -2.42. The predicted molar refractivity (Wildman–Crippen MR) is 84.6 cm³/mol. The van der Waals surface area contributed by atoms with Gasteiger partial charge in [0.05, 0.1) is 6.07 Å². The Morgan fingerprint density at radius 3 is 2.52 bits per heavy atom. The first-order valence-electron chi connectivity index (χ1n) is 8.09. The van der Waals surface area contributed by atoms with Gasteiger partial charge in [0, 0.05) is 23.4 Å². The molecule has 2 nitrogen and oxygen atoms in total. The summed E-state index contributed by atoms with van der Waals surface area (Å²) < 4.78 is 0. The van der Waals surface area contributed by atoms with Crippen LogP contribution in [0, 0.1) is 29.1 Å². The molecule has 1 aromatic rings. The third-order valence-corrected chi connectivity index (χ3v) is 4.84. The van der Waals surface area contributed by atoms with E-state index in [1.807, 2.05) is 0 Å². The third-order valence-electron chi connectivity index (χ3n) is 4.84. The highest BCUT2D eigenvalue weighted by Crippen LogP contribution is 2.33. The summed E-state index contributed by atoms with van der Waals surface area (Å²) in [6, 6.07) is 11.3. The molecule has 21 heavy (non-hydrogen) atoms. The minimum Gasteiger partial charge on any atom is -0.298 e. The van der Waals surface area contributed by atoms with Crippen LogP contribution in [0.15, 0.2) is 24.3 Å². The molecule has 1 aliphatic heterocycles. The molecule has 108 valence electrons. The molecule has 0 aromatic heterocycles. The maximum atomic E-state index is 9.16. The first-order valence-corrected chi connectivity index (χ1v) is 8.09. The van der Waals surface area contributed by atoms with Crippen LogP contribution in [-0.4, -0.2) is 12.1 Å². The van der Waals surface area contributed by atoms with Crippen LogP contribution >= 0.6 is 0 Å². The molecule has 2 fully saturated rings. The Balaban J connectivity index is 1.70. The van der Waals surface area contributed by atoms with Gasteiger partial charge in [-0.15, -0.1) is 0 Å². The van der Waals surface area contributed by atoms with E-state index >= 15 is 0 Å². The molecular formula is C19H22N2. The molecule has 0 amide bonds. The zero-order valence-corrected chi connectivity index (χ0v) is 12.6. The number of rotatable bonds is 2. The van der Waals surface area contributed by atoms with Gasteiger partial charge in [-0.3, -0.25) is 5.32 Å². The fraction of sp³-hybridized carbons (Fsp3) is 0.526. The molecule has 0 radical (unpaired) electrons. The van der Waals surface area contributed by atoms with Gasteiger partial charge >= 0.3 is 0 Å². The van der Waals surface area contributed by atoms with Crippen molar-refractivity contribution in [1.82, 2.24) is 5.32 Å². The van der Waals surface area contributed by atoms with Gasteiger partial charge in [-0.1, -0.05) is 43.7 Å². The normalized spacial score (nSPS) is 28.3. The lowest BCUT2D eigenvalue weighted by molar-refractivity contribution is 0.250. The van der Waals surface area contributed by atoms with Gasteiger partial charge in [0.15, 0.2) is 0 Å². The van der Waals surface area contributed by atoms with Crippen molar-refractivity contribution < 1.29 is 0 Å². The molecule has 1 aliphatic carbocycles. The van der Waals surface area contributed by atoms with Crippen LogP contribution < -0.4 is 5.32 Å². The molecule has 2 heteroatoms. The highest BCUT2D eigenvalue weighted by atomic mass is 15.1. The van der Waals surface area contributed by atoms with Crippen molar-refractivity contribution in [3.63, 3.8) is 0 Å². The van der Waals surface area contributed by atoms with E-state index < -0.39 is 0 Å². The minimum absolute atomic E-state index is 0.0367. The smallest absolute Gasteiger partial charge is 0.104 e. The van der Waals surface area contributed by atoms with Crippen molar-refractivity contribution in [3.05, 3.63) is 35.4 Å². The largest absolute Gasteiger partial charge is 0.298 e. The lowest BCUT2D eigenvalue weighted by Crippen LogP contribution is -2.58.